The molecule has 70 valence electrons. The third kappa shape index (κ3) is 3.13. The molecule has 0 radical (unpaired) electrons. The van der Waals surface area contributed by atoms with Crippen molar-refractivity contribution in [1.29, 1.82) is 0 Å². The maximum atomic E-state index is 10.7. The quantitative estimate of drug-likeness (QED) is 0.775. The van der Waals surface area contributed by atoms with Gasteiger partial charge in [0.15, 0.2) is 0 Å². The van der Waals surface area contributed by atoms with E-state index in [2.05, 4.69) is 5.32 Å². The third-order valence-electron chi connectivity index (χ3n) is 1.38. The summed E-state index contributed by atoms with van der Waals surface area (Å²) in [4.78, 5) is 10.7. The van der Waals surface area contributed by atoms with Crippen molar-refractivity contribution >= 4 is 40.8 Å². The number of hydrogen-bond donors (Lipinski definition) is 1. The van der Waals surface area contributed by atoms with Crippen LogP contribution in [0.25, 0.3) is 0 Å². The number of hydrogen-bond acceptors (Lipinski definition) is 2. The molecule has 3 nitrogen and oxygen atoms in total. The summed E-state index contributed by atoms with van der Waals surface area (Å²) in [7, 11) is 0. The van der Waals surface area contributed by atoms with Gasteiger partial charge in [-0.1, -0.05) is 0 Å². The van der Waals surface area contributed by atoms with Gasteiger partial charge in [-0.15, -0.1) is 0 Å². The topological polar surface area (TPSA) is 32.3 Å². The molecule has 1 aromatic carbocycles. The van der Waals surface area contributed by atoms with Crippen molar-refractivity contribution in [2.45, 2.75) is 6.92 Å². The zero-order chi connectivity index (χ0) is 9.84. The normalized spacial score (nSPS) is 9.46. The summed E-state index contributed by atoms with van der Waals surface area (Å²) >= 11 is 10.9. The van der Waals surface area contributed by atoms with Gasteiger partial charge < -0.3 is 5.32 Å². The smallest absolute Gasteiger partial charge is 0.221 e. The van der Waals surface area contributed by atoms with Gasteiger partial charge in [0.05, 0.1) is 5.69 Å². The minimum Gasteiger partial charge on any atom is -0.326 e. The summed E-state index contributed by atoms with van der Waals surface area (Å²) in [5.41, 5.74) is 1.36. The van der Waals surface area contributed by atoms with Crippen molar-refractivity contribution in [1.82, 2.24) is 0 Å². The molecule has 1 rings (SSSR count). The second-order valence-corrected chi connectivity index (χ2v) is 3.31. The zero-order valence-corrected chi connectivity index (χ0v) is 8.43. The van der Waals surface area contributed by atoms with Crippen molar-refractivity contribution in [3.05, 3.63) is 24.3 Å². The molecule has 0 aliphatic heterocycles. The molecule has 0 bridgehead atoms. The van der Waals surface area contributed by atoms with Gasteiger partial charge in [0.2, 0.25) is 5.91 Å². The van der Waals surface area contributed by atoms with Crippen LogP contribution in [0.4, 0.5) is 11.4 Å². The molecule has 0 unspecified atom stereocenters. The predicted molar refractivity (Wildman–Crippen MR) is 54.9 cm³/mol. The summed E-state index contributed by atoms with van der Waals surface area (Å²) in [6.45, 7) is 1.45. The van der Waals surface area contributed by atoms with Crippen LogP contribution in [-0.4, -0.2) is 5.91 Å². The predicted octanol–water partition coefficient (Wildman–Crippen LogP) is 2.76. The molecular weight excluding hydrogens is 211 g/mol. The summed E-state index contributed by atoms with van der Waals surface area (Å²) in [6, 6.07) is 6.83. The molecule has 1 aromatic rings. The van der Waals surface area contributed by atoms with E-state index in [1.54, 1.807) is 24.3 Å². The summed E-state index contributed by atoms with van der Waals surface area (Å²) < 4.78 is 0.956. The standard InChI is InChI=1S/C8H8Cl2N2O/c1-6(13)11-7-2-4-8(5-3-7)12(9)10/h2-5H,1H3,(H,11,13). The van der Waals surface area contributed by atoms with Crippen LogP contribution in [0.2, 0.25) is 0 Å². The van der Waals surface area contributed by atoms with Gasteiger partial charge in [-0.25, -0.2) is 0 Å². The molecule has 0 heterocycles. The van der Waals surface area contributed by atoms with Gasteiger partial charge in [-0.05, 0) is 24.3 Å². The van der Waals surface area contributed by atoms with Crippen LogP contribution < -0.4 is 9.25 Å². The summed E-state index contributed by atoms with van der Waals surface area (Å²) in [6.07, 6.45) is 0. The number of amides is 1. The van der Waals surface area contributed by atoms with Crippen LogP contribution in [0.3, 0.4) is 0 Å². The van der Waals surface area contributed by atoms with Gasteiger partial charge in [0, 0.05) is 36.2 Å². The molecule has 0 atom stereocenters. The Hall–Kier alpha value is -0.930. The number of halogens is 2. The molecule has 1 N–H and O–H groups in total. The summed E-state index contributed by atoms with van der Waals surface area (Å²) in [5, 5.41) is 2.63. The zero-order valence-electron chi connectivity index (χ0n) is 6.92. The number of carbonyl (C=O) groups excluding carboxylic acids is 1. The van der Waals surface area contributed by atoms with E-state index in [0.717, 1.165) is 3.94 Å². The fourth-order valence-corrected chi connectivity index (χ4v) is 1.09. The number of rotatable bonds is 2. The highest BCUT2D eigenvalue weighted by molar-refractivity contribution is 6.49. The molecule has 0 aliphatic rings. The Bertz CT molecular complexity index is 298. The van der Waals surface area contributed by atoms with E-state index in [1.165, 1.54) is 6.92 Å². The summed E-state index contributed by atoms with van der Waals surface area (Å²) in [5.74, 6) is -0.110. The van der Waals surface area contributed by atoms with Gasteiger partial charge in [0.1, 0.15) is 0 Å². The number of benzene rings is 1. The molecule has 13 heavy (non-hydrogen) atoms. The highest BCUT2D eigenvalue weighted by atomic mass is 35.5. The Morgan fingerprint density at radius 3 is 2.23 bits per heavy atom. The van der Waals surface area contributed by atoms with E-state index in [1.807, 2.05) is 0 Å². The van der Waals surface area contributed by atoms with E-state index in [-0.39, 0.29) is 5.91 Å². The first-order valence-electron chi connectivity index (χ1n) is 3.59. The number of nitrogens with one attached hydrogen (secondary N) is 1. The first-order valence-corrected chi connectivity index (χ1v) is 4.26. The lowest BCUT2D eigenvalue weighted by Gasteiger charge is -2.06. The lowest BCUT2D eigenvalue weighted by atomic mass is 10.3. The van der Waals surface area contributed by atoms with Crippen LogP contribution in [-0.2, 0) is 4.79 Å². The van der Waals surface area contributed by atoms with Crippen molar-refractivity contribution in [3.63, 3.8) is 0 Å². The SMILES string of the molecule is CC(=O)Nc1ccc(N(Cl)Cl)cc1. The second kappa shape index (κ2) is 4.35. The highest BCUT2D eigenvalue weighted by Crippen LogP contribution is 2.20. The number of nitrogens with zero attached hydrogens (tertiary/aromatic N) is 1. The van der Waals surface area contributed by atoms with Crippen molar-refractivity contribution < 1.29 is 4.79 Å². The number of anilines is 2. The maximum Gasteiger partial charge on any atom is 0.221 e. The maximum absolute atomic E-state index is 10.7. The molecular formula is C8H8Cl2N2O. The lowest BCUT2D eigenvalue weighted by Crippen LogP contribution is -2.05. The van der Waals surface area contributed by atoms with Crippen LogP contribution in [0, 0.1) is 0 Å². The van der Waals surface area contributed by atoms with Gasteiger partial charge >= 0.3 is 0 Å². The van der Waals surface area contributed by atoms with Gasteiger partial charge in [0.25, 0.3) is 0 Å². The molecule has 0 aliphatic carbocycles. The molecule has 0 aromatic heterocycles. The fraction of sp³-hybridized carbons (Fsp3) is 0.125. The third-order valence-corrected chi connectivity index (χ3v) is 1.77. The van der Waals surface area contributed by atoms with Crippen LogP contribution in [0.15, 0.2) is 24.3 Å². The first kappa shape index (κ1) is 10.2. The molecule has 1 amide bonds. The van der Waals surface area contributed by atoms with Crippen molar-refractivity contribution in [3.8, 4) is 0 Å². The fourth-order valence-electron chi connectivity index (χ4n) is 0.861. The highest BCUT2D eigenvalue weighted by Gasteiger charge is 1.99. The van der Waals surface area contributed by atoms with Gasteiger partial charge in [-0.2, -0.15) is 3.94 Å². The Kier molecular flexibility index (Phi) is 3.39. The average Bonchev–Trinajstić information content (AvgIpc) is 2.04. The van der Waals surface area contributed by atoms with Crippen LogP contribution in [0.1, 0.15) is 6.92 Å². The van der Waals surface area contributed by atoms with Crippen LogP contribution in [0.5, 0.6) is 0 Å². The van der Waals surface area contributed by atoms with E-state index in [4.69, 9.17) is 23.6 Å². The van der Waals surface area contributed by atoms with Crippen molar-refractivity contribution in [2.24, 2.45) is 0 Å². The Labute approximate surface area is 86.5 Å². The molecule has 0 spiro atoms. The lowest BCUT2D eigenvalue weighted by molar-refractivity contribution is -0.114. The largest absolute Gasteiger partial charge is 0.326 e. The first-order chi connectivity index (χ1) is 6.09. The average molecular weight is 219 g/mol. The Morgan fingerprint density at radius 2 is 1.85 bits per heavy atom. The van der Waals surface area contributed by atoms with E-state index < -0.39 is 0 Å². The van der Waals surface area contributed by atoms with Gasteiger partial charge in [-0.3, -0.25) is 4.79 Å². The minimum absolute atomic E-state index is 0.110. The minimum atomic E-state index is -0.110. The molecule has 0 saturated heterocycles. The molecule has 0 fully saturated rings. The van der Waals surface area contributed by atoms with E-state index in [0.29, 0.717) is 11.4 Å². The monoisotopic (exact) mass is 218 g/mol. The van der Waals surface area contributed by atoms with Crippen LogP contribution >= 0.6 is 23.6 Å². The molecule has 0 saturated carbocycles. The van der Waals surface area contributed by atoms with E-state index >= 15 is 0 Å². The van der Waals surface area contributed by atoms with E-state index in [9.17, 15) is 4.79 Å². The second-order valence-electron chi connectivity index (χ2n) is 2.46. The molecule has 5 heteroatoms. The number of carbonyl (C=O) groups is 1. The Balaban J connectivity index is 2.75. The van der Waals surface area contributed by atoms with Crippen molar-refractivity contribution in [2.75, 3.05) is 9.25 Å². The Morgan fingerprint density at radius 1 is 1.31 bits per heavy atom.